The lowest BCUT2D eigenvalue weighted by atomic mass is 10.2. The molecular formula is C10H12ClN3. The molecule has 3 nitrogen and oxygen atoms in total. The number of halogens is 1. The van der Waals surface area contributed by atoms with Gasteiger partial charge in [-0.15, -0.1) is 0 Å². The van der Waals surface area contributed by atoms with Crippen LogP contribution in [0.1, 0.15) is 18.4 Å². The SMILES string of the molecule is Cc1cnc(Cl)nc1NC1CC=CC1. The molecule has 1 aromatic heterocycles. The summed E-state index contributed by atoms with van der Waals surface area (Å²) in [6.45, 7) is 1.97. The fraction of sp³-hybridized carbons (Fsp3) is 0.400. The van der Waals surface area contributed by atoms with Crippen LogP contribution in [0, 0.1) is 6.92 Å². The highest BCUT2D eigenvalue weighted by Crippen LogP contribution is 2.18. The highest BCUT2D eigenvalue weighted by Gasteiger charge is 2.11. The summed E-state index contributed by atoms with van der Waals surface area (Å²) < 4.78 is 0. The van der Waals surface area contributed by atoms with Crippen LogP contribution in [0.4, 0.5) is 5.82 Å². The van der Waals surface area contributed by atoms with Crippen molar-refractivity contribution in [1.29, 1.82) is 0 Å². The summed E-state index contributed by atoms with van der Waals surface area (Å²) in [5.74, 6) is 0.846. The summed E-state index contributed by atoms with van der Waals surface area (Å²) in [4.78, 5) is 8.06. The molecule has 0 saturated carbocycles. The molecule has 0 aliphatic heterocycles. The molecule has 0 amide bonds. The second-order valence-corrected chi connectivity index (χ2v) is 3.79. The number of anilines is 1. The summed E-state index contributed by atoms with van der Waals surface area (Å²) >= 11 is 5.72. The van der Waals surface area contributed by atoms with E-state index in [1.54, 1.807) is 6.20 Å². The van der Waals surface area contributed by atoms with Crippen molar-refractivity contribution in [3.8, 4) is 0 Å². The maximum Gasteiger partial charge on any atom is 0.224 e. The van der Waals surface area contributed by atoms with E-state index < -0.39 is 0 Å². The summed E-state index contributed by atoms with van der Waals surface area (Å²) in [7, 11) is 0. The number of aryl methyl sites for hydroxylation is 1. The van der Waals surface area contributed by atoms with E-state index in [0.717, 1.165) is 24.2 Å². The van der Waals surface area contributed by atoms with E-state index in [4.69, 9.17) is 11.6 Å². The molecule has 1 aliphatic rings. The van der Waals surface area contributed by atoms with Gasteiger partial charge in [-0.25, -0.2) is 9.97 Å². The van der Waals surface area contributed by atoms with Crippen LogP contribution in [0.5, 0.6) is 0 Å². The second-order valence-electron chi connectivity index (χ2n) is 3.45. The van der Waals surface area contributed by atoms with Gasteiger partial charge in [0.2, 0.25) is 5.28 Å². The lowest BCUT2D eigenvalue weighted by Crippen LogP contribution is -2.17. The molecule has 1 aromatic rings. The van der Waals surface area contributed by atoms with Crippen molar-refractivity contribution in [2.45, 2.75) is 25.8 Å². The molecule has 1 heterocycles. The Kier molecular flexibility index (Phi) is 2.68. The smallest absolute Gasteiger partial charge is 0.224 e. The molecule has 4 heteroatoms. The topological polar surface area (TPSA) is 37.8 Å². The van der Waals surface area contributed by atoms with Crippen LogP contribution in [-0.2, 0) is 0 Å². The first-order valence-electron chi connectivity index (χ1n) is 4.66. The first-order valence-corrected chi connectivity index (χ1v) is 5.04. The summed E-state index contributed by atoms with van der Waals surface area (Å²) in [6.07, 6.45) is 8.20. The van der Waals surface area contributed by atoms with E-state index in [-0.39, 0.29) is 0 Å². The Morgan fingerprint density at radius 3 is 2.86 bits per heavy atom. The van der Waals surface area contributed by atoms with Gasteiger partial charge in [0, 0.05) is 17.8 Å². The van der Waals surface area contributed by atoms with Gasteiger partial charge in [0.1, 0.15) is 5.82 Å². The van der Waals surface area contributed by atoms with Gasteiger partial charge in [0.15, 0.2) is 0 Å². The van der Waals surface area contributed by atoms with E-state index in [2.05, 4.69) is 27.4 Å². The molecule has 74 valence electrons. The van der Waals surface area contributed by atoms with Gasteiger partial charge in [-0.2, -0.15) is 0 Å². The Bertz CT molecular complexity index is 354. The molecule has 0 aromatic carbocycles. The van der Waals surface area contributed by atoms with Crippen LogP contribution in [0.25, 0.3) is 0 Å². The molecule has 1 aliphatic carbocycles. The molecule has 0 saturated heterocycles. The van der Waals surface area contributed by atoms with Crippen molar-refractivity contribution in [2.75, 3.05) is 5.32 Å². The van der Waals surface area contributed by atoms with Crippen molar-refractivity contribution in [2.24, 2.45) is 0 Å². The van der Waals surface area contributed by atoms with Crippen molar-refractivity contribution in [3.63, 3.8) is 0 Å². The molecule has 0 radical (unpaired) electrons. The van der Waals surface area contributed by atoms with Gasteiger partial charge in [-0.1, -0.05) is 12.2 Å². The van der Waals surface area contributed by atoms with Crippen molar-refractivity contribution < 1.29 is 0 Å². The number of hydrogen-bond acceptors (Lipinski definition) is 3. The highest BCUT2D eigenvalue weighted by molar-refractivity contribution is 6.28. The van der Waals surface area contributed by atoms with Crippen LogP contribution in [-0.4, -0.2) is 16.0 Å². The van der Waals surface area contributed by atoms with E-state index in [1.807, 2.05) is 6.92 Å². The molecule has 0 unspecified atom stereocenters. The minimum atomic E-state index is 0.295. The quantitative estimate of drug-likeness (QED) is 0.601. The third kappa shape index (κ3) is 2.04. The number of aromatic nitrogens is 2. The average Bonchev–Trinajstić information content (AvgIpc) is 2.64. The first-order chi connectivity index (χ1) is 6.75. The Morgan fingerprint density at radius 1 is 1.43 bits per heavy atom. The van der Waals surface area contributed by atoms with Gasteiger partial charge in [0.25, 0.3) is 0 Å². The standard InChI is InChI=1S/C10H12ClN3/c1-7-6-12-10(11)14-9(7)13-8-4-2-3-5-8/h2-3,6,8H,4-5H2,1H3,(H,12,13,14). The van der Waals surface area contributed by atoms with Crippen molar-refractivity contribution in [1.82, 2.24) is 9.97 Å². The summed E-state index contributed by atoms with van der Waals surface area (Å²) in [5, 5.41) is 3.65. The molecular weight excluding hydrogens is 198 g/mol. The monoisotopic (exact) mass is 209 g/mol. The molecule has 14 heavy (non-hydrogen) atoms. The zero-order valence-corrected chi connectivity index (χ0v) is 8.75. The Labute approximate surface area is 88.2 Å². The number of rotatable bonds is 2. The molecule has 1 N–H and O–H groups in total. The van der Waals surface area contributed by atoms with Crippen LogP contribution < -0.4 is 5.32 Å². The zero-order chi connectivity index (χ0) is 9.97. The summed E-state index contributed by atoms with van der Waals surface area (Å²) in [6, 6.07) is 0.458. The Balaban J connectivity index is 2.11. The number of nitrogens with one attached hydrogen (secondary N) is 1. The van der Waals surface area contributed by atoms with Gasteiger partial charge in [-0.05, 0) is 31.4 Å². The van der Waals surface area contributed by atoms with Crippen LogP contribution in [0.2, 0.25) is 5.28 Å². The number of nitrogens with zero attached hydrogens (tertiary/aromatic N) is 2. The average molecular weight is 210 g/mol. The van der Waals surface area contributed by atoms with E-state index >= 15 is 0 Å². The lowest BCUT2D eigenvalue weighted by molar-refractivity contribution is 0.778. The normalized spacial score (nSPS) is 16.1. The highest BCUT2D eigenvalue weighted by atomic mass is 35.5. The maximum absolute atomic E-state index is 5.72. The van der Waals surface area contributed by atoms with E-state index in [0.29, 0.717) is 11.3 Å². The molecule has 0 atom stereocenters. The Morgan fingerprint density at radius 2 is 2.14 bits per heavy atom. The molecule has 0 bridgehead atoms. The molecule has 2 rings (SSSR count). The van der Waals surface area contributed by atoms with Gasteiger partial charge >= 0.3 is 0 Å². The van der Waals surface area contributed by atoms with Crippen molar-refractivity contribution >= 4 is 17.4 Å². The number of hydrogen-bond donors (Lipinski definition) is 1. The van der Waals surface area contributed by atoms with Crippen LogP contribution >= 0.6 is 11.6 Å². The minimum Gasteiger partial charge on any atom is -0.366 e. The van der Waals surface area contributed by atoms with Gasteiger partial charge < -0.3 is 5.32 Å². The lowest BCUT2D eigenvalue weighted by Gasteiger charge is -2.14. The zero-order valence-electron chi connectivity index (χ0n) is 8.00. The first kappa shape index (κ1) is 9.46. The van der Waals surface area contributed by atoms with Crippen molar-refractivity contribution in [3.05, 3.63) is 29.2 Å². The third-order valence-electron chi connectivity index (χ3n) is 2.29. The fourth-order valence-electron chi connectivity index (χ4n) is 1.50. The van der Waals surface area contributed by atoms with E-state index in [9.17, 15) is 0 Å². The molecule has 0 spiro atoms. The minimum absolute atomic E-state index is 0.295. The predicted molar refractivity (Wildman–Crippen MR) is 57.6 cm³/mol. The second kappa shape index (κ2) is 3.96. The van der Waals surface area contributed by atoms with E-state index in [1.165, 1.54) is 0 Å². The third-order valence-corrected chi connectivity index (χ3v) is 2.47. The van der Waals surface area contributed by atoms with Crippen LogP contribution in [0.3, 0.4) is 0 Å². The van der Waals surface area contributed by atoms with Gasteiger partial charge in [-0.3, -0.25) is 0 Å². The van der Waals surface area contributed by atoms with Gasteiger partial charge in [0.05, 0.1) is 0 Å². The molecule has 0 fully saturated rings. The largest absolute Gasteiger partial charge is 0.366 e. The maximum atomic E-state index is 5.72. The predicted octanol–water partition coefficient (Wildman–Crippen LogP) is 2.57. The fourth-order valence-corrected chi connectivity index (χ4v) is 1.63. The summed E-state index contributed by atoms with van der Waals surface area (Å²) in [5.41, 5.74) is 1.03. The Hall–Kier alpha value is -1.09. The van der Waals surface area contributed by atoms with Crippen LogP contribution in [0.15, 0.2) is 18.3 Å².